The summed E-state index contributed by atoms with van der Waals surface area (Å²) in [5.74, 6) is 0. The van der Waals surface area contributed by atoms with Gasteiger partial charge >= 0.3 is 0 Å². The largest absolute Gasteiger partial charge is 0.394 e. The van der Waals surface area contributed by atoms with E-state index >= 15 is 0 Å². The highest BCUT2D eigenvalue weighted by atomic mass is 16.6. The first-order chi connectivity index (χ1) is 13.7. The van der Waals surface area contributed by atoms with Gasteiger partial charge in [-0.25, -0.2) is 0 Å². The molecular formula is C23H44O5. The maximum absolute atomic E-state index is 10.00. The van der Waals surface area contributed by atoms with E-state index < -0.39 is 24.4 Å². The van der Waals surface area contributed by atoms with Crippen LogP contribution in [0, 0.1) is 0 Å². The van der Waals surface area contributed by atoms with Crippen molar-refractivity contribution in [2.45, 2.75) is 115 Å². The summed E-state index contributed by atoms with van der Waals surface area (Å²) in [6.07, 6.45) is 17.8. The van der Waals surface area contributed by atoms with Crippen LogP contribution in [0.4, 0.5) is 0 Å². The van der Waals surface area contributed by atoms with Crippen LogP contribution >= 0.6 is 0 Å². The van der Waals surface area contributed by atoms with Crippen LogP contribution in [-0.4, -0.2) is 59.6 Å². The van der Waals surface area contributed by atoms with Gasteiger partial charge in [0, 0.05) is 6.61 Å². The van der Waals surface area contributed by atoms with Crippen LogP contribution < -0.4 is 0 Å². The molecule has 0 spiro atoms. The molecule has 0 radical (unpaired) electrons. The second kappa shape index (κ2) is 17.4. The Hall–Kier alpha value is -0.460. The summed E-state index contributed by atoms with van der Waals surface area (Å²) in [6.45, 7) is 2.55. The average molecular weight is 401 g/mol. The van der Waals surface area contributed by atoms with Crippen LogP contribution in [0.2, 0.25) is 0 Å². The third-order valence-electron chi connectivity index (χ3n) is 5.49. The fourth-order valence-corrected chi connectivity index (χ4v) is 3.68. The zero-order valence-electron chi connectivity index (χ0n) is 17.9. The van der Waals surface area contributed by atoms with E-state index in [0.717, 1.165) is 19.3 Å². The molecule has 1 rings (SSSR count). The Morgan fingerprint density at radius 1 is 0.857 bits per heavy atom. The molecule has 3 N–H and O–H groups in total. The first-order valence-corrected chi connectivity index (χ1v) is 11.6. The molecule has 0 aromatic heterocycles. The third kappa shape index (κ3) is 11.5. The molecule has 0 saturated carbocycles. The minimum absolute atomic E-state index is 0.0442. The topological polar surface area (TPSA) is 79.2 Å². The number of aliphatic hydroxyl groups excluding tert-OH is 3. The van der Waals surface area contributed by atoms with Crippen LogP contribution in [0.5, 0.6) is 0 Å². The zero-order chi connectivity index (χ0) is 20.5. The molecule has 1 heterocycles. The number of ether oxygens (including phenoxy) is 2. The van der Waals surface area contributed by atoms with Crippen molar-refractivity contribution in [3.63, 3.8) is 0 Å². The van der Waals surface area contributed by atoms with Gasteiger partial charge in [-0.1, -0.05) is 76.9 Å². The molecule has 0 aliphatic carbocycles. The van der Waals surface area contributed by atoms with Crippen molar-refractivity contribution >= 4 is 0 Å². The van der Waals surface area contributed by atoms with Crippen molar-refractivity contribution in [1.82, 2.24) is 0 Å². The van der Waals surface area contributed by atoms with Gasteiger partial charge in [0.1, 0.15) is 24.4 Å². The number of unbranched alkanes of at least 4 members (excludes halogenated alkanes) is 11. The van der Waals surface area contributed by atoms with Gasteiger partial charge in [0.25, 0.3) is 0 Å². The van der Waals surface area contributed by atoms with Crippen LogP contribution in [0.3, 0.4) is 0 Å². The van der Waals surface area contributed by atoms with Gasteiger partial charge in [0.15, 0.2) is 0 Å². The molecule has 0 unspecified atom stereocenters. The lowest BCUT2D eigenvalue weighted by Gasteiger charge is -2.37. The van der Waals surface area contributed by atoms with Gasteiger partial charge in [-0.2, -0.15) is 0 Å². The predicted molar refractivity (Wildman–Crippen MR) is 113 cm³/mol. The van der Waals surface area contributed by atoms with Crippen LogP contribution in [0.25, 0.3) is 0 Å². The van der Waals surface area contributed by atoms with Gasteiger partial charge in [-0.05, 0) is 25.7 Å². The van der Waals surface area contributed by atoms with Crippen molar-refractivity contribution in [2.75, 3.05) is 19.8 Å². The first kappa shape index (κ1) is 25.6. The Kier molecular flexibility index (Phi) is 15.9. The smallest absolute Gasteiger partial charge is 0.114 e. The fourth-order valence-electron chi connectivity index (χ4n) is 3.68. The third-order valence-corrected chi connectivity index (χ3v) is 5.49. The molecule has 5 nitrogen and oxygen atoms in total. The van der Waals surface area contributed by atoms with Gasteiger partial charge in [0.05, 0.1) is 13.2 Å². The maximum atomic E-state index is 10.00. The van der Waals surface area contributed by atoms with Gasteiger partial charge in [-0.15, -0.1) is 0 Å². The summed E-state index contributed by atoms with van der Waals surface area (Å²) < 4.78 is 11.0. The fraction of sp³-hybridized carbons (Fsp3) is 0.913. The van der Waals surface area contributed by atoms with Crippen LogP contribution in [0.15, 0.2) is 12.2 Å². The SMILES string of the molecule is CC/C=C/CCCCCCCCCCCCCO[C@H]1[C@H](O)[C@@H](O)CO[C@@H]1CO. The Bertz CT molecular complexity index is 372. The lowest BCUT2D eigenvalue weighted by Crippen LogP contribution is -2.55. The summed E-state index contributed by atoms with van der Waals surface area (Å²) in [4.78, 5) is 0. The van der Waals surface area contributed by atoms with E-state index in [4.69, 9.17) is 9.47 Å². The minimum Gasteiger partial charge on any atom is -0.394 e. The molecule has 4 atom stereocenters. The van der Waals surface area contributed by atoms with Crippen molar-refractivity contribution in [3.05, 3.63) is 12.2 Å². The molecule has 1 fully saturated rings. The second-order valence-corrected chi connectivity index (χ2v) is 8.01. The Balaban J connectivity index is 1.87. The summed E-state index contributed by atoms with van der Waals surface area (Å²) in [7, 11) is 0. The summed E-state index contributed by atoms with van der Waals surface area (Å²) >= 11 is 0. The number of hydrogen-bond acceptors (Lipinski definition) is 5. The summed E-state index contributed by atoms with van der Waals surface area (Å²) in [6, 6.07) is 0. The van der Waals surface area contributed by atoms with Gasteiger partial charge in [0.2, 0.25) is 0 Å². The lowest BCUT2D eigenvalue weighted by atomic mass is 10.0. The Morgan fingerprint density at radius 3 is 2.00 bits per heavy atom. The average Bonchev–Trinajstić information content (AvgIpc) is 2.70. The highest BCUT2D eigenvalue weighted by Gasteiger charge is 2.39. The number of aliphatic hydroxyl groups is 3. The van der Waals surface area contributed by atoms with Crippen molar-refractivity contribution in [3.8, 4) is 0 Å². The lowest BCUT2D eigenvalue weighted by molar-refractivity contribution is -0.211. The van der Waals surface area contributed by atoms with Crippen LogP contribution in [0.1, 0.15) is 90.4 Å². The molecule has 1 aliphatic heterocycles. The molecule has 5 heteroatoms. The van der Waals surface area contributed by atoms with E-state index in [1.807, 2.05) is 0 Å². The van der Waals surface area contributed by atoms with E-state index in [9.17, 15) is 15.3 Å². The normalized spacial score (nSPS) is 25.6. The molecule has 0 aromatic rings. The van der Waals surface area contributed by atoms with E-state index in [1.165, 1.54) is 64.2 Å². The van der Waals surface area contributed by atoms with Gasteiger partial charge < -0.3 is 24.8 Å². The van der Waals surface area contributed by atoms with Gasteiger partial charge in [-0.3, -0.25) is 0 Å². The Morgan fingerprint density at radius 2 is 1.43 bits per heavy atom. The molecule has 1 aliphatic rings. The first-order valence-electron chi connectivity index (χ1n) is 11.6. The molecule has 1 saturated heterocycles. The monoisotopic (exact) mass is 400 g/mol. The maximum Gasteiger partial charge on any atom is 0.114 e. The van der Waals surface area contributed by atoms with E-state index in [-0.39, 0.29) is 13.2 Å². The van der Waals surface area contributed by atoms with Crippen molar-refractivity contribution in [2.24, 2.45) is 0 Å². The molecule has 0 bridgehead atoms. The molecule has 0 amide bonds. The zero-order valence-corrected chi connectivity index (χ0v) is 17.9. The molecular weight excluding hydrogens is 356 g/mol. The van der Waals surface area contributed by atoms with E-state index in [2.05, 4.69) is 19.1 Å². The van der Waals surface area contributed by atoms with Crippen LogP contribution in [-0.2, 0) is 9.47 Å². The summed E-state index contributed by atoms with van der Waals surface area (Å²) in [5.41, 5.74) is 0. The highest BCUT2D eigenvalue weighted by molar-refractivity contribution is 4.87. The van der Waals surface area contributed by atoms with Crippen molar-refractivity contribution < 1.29 is 24.8 Å². The van der Waals surface area contributed by atoms with E-state index in [1.54, 1.807) is 0 Å². The predicted octanol–water partition coefficient (Wildman–Crippen LogP) is 4.13. The summed E-state index contributed by atoms with van der Waals surface area (Å²) in [5, 5.41) is 29.0. The second-order valence-electron chi connectivity index (χ2n) is 8.01. The van der Waals surface area contributed by atoms with E-state index in [0.29, 0.717) is 6.61 Å². The molecule has 166 valence electrons. The number of rotatable bonds is 17. The Labute approximate surface area is 172 Å². The standard InChI is InChI=1S/C23H44O5/c1-2-3-4-5-6-7-8-9-10-11-12-13-14-15-16-17-27-23-21(18-24)28-19-20(25)22(23)26/h3-4,20-26H,2,5-19H2,1H3/b4-3+/t20-,21+,22+,23+/m0/s1. The molecule has 0 aromatic carbocycles. The highest BCUT2D eigenvalue weighted by Crippen LogP contribution is 2.19. The minimum atomic E-state index is -0.987. The van der Waals surface area contributed by atoms with Crippen molar-refractivity contribution in [1.29, 1.82) is 0 Å². The quantitative estimate of drug-likeness (QED) is 0.253. The number of allylic oxidation sites excluding steroid dienone is 2. The molecule has 28 heavy (non-hydrogen) atoms. The number of hydrogen-bond donors (Lipinski definition) is 3.